The lowest BCUT2D eigenvalue weighted by atomic mass is 10.1. The van der Waals surface area contributed by atoms with E-state index in [1.54, 1.807) is 18.2 Å². The van der Waals surface area contributed by atoms with Gasteiger partial charge in [0.25, 0.3) is 0 Å². The van der Waals surface area contributed by atoms with Crippen LogP contribution in [0.4, 0.5) is 0 Å². The first-order valence-electron chi connectivity index (χ1n) is 8.06. The Hall–Kier alpha value is -3.19. The number of aliphatic carboxylic acids is 1. The second-order valence-electron chi connectivity index (χ2n) is 5.48. The zero-order chi connectivity index (χ0) is 20.7. The van der Waals surface area contributed by atoms with Crippen molar-refractivity contribution in [3.63, 3.8) is 0 Å². The Kier molecular flexibility index (Phi) is 7.28. The van der Waals surface area contributed by atoms with Crippen molar-refractivity contribution in [2.45, 2.75) is 0 Å². The fourth-order valence-corrected chi connectivity index (χ4v) is 2.68. The number of rotatable bonds is 9. The Morgan fingerprint density at radius 3 is 2.32 bits per heavy atom. The molecule has 8 heteroatoms. The molecule has 0 saturated heterocycles. The van der Waals surface area contributed by atoms with Crippen LogP contribution in [-0.2, 0) is 4.79 Å². The zero-order valence-electron chi connectivity index (χ0n) is 15.5. The van der Waals surface area contributed by atoms with Crippen molar-refractivity contribution >= 4 is 29.4 Å². The Balaban J connectivity index is 2.22. The van der Waals surface area contributed by atoms with Crippen LogP contribution in [0.15, 0.2) is 36.4 Å². The maximum absolute atomic E-state index is 12.5. The van der Waals surface area contributed by atoms with Crippen molar-refractivity contribution in [3.8, 4) is 23.0 Å². The van der Waals surface area contributed by atoms with Gasteiger partial charge in [-0.2, -0.15) is 0 Å². The number of allylic oxidation sites excluding steroid dienone is 1. The van der Waals surface area contributed by atoms with Crippen LogP contribution in [0.1, 0.15) is 15.9 Å². The standard InChI is InChI=1S/C20H19ClO7/c1-25-17-10-13(5-7-16(17)28-11-19(23)24)15(22)6-4-12-8-14(21)20(27-3)18(9-12)26-2/h4-10H,11H2,1-3H3,(H,23,24). The molecule has 2 rings (SSSR count). The highest BCUT2D eigenvalue weighted by molar-refractivity contribution is 6.32. The van der Waals surface area contributed by atoms with Gasteiger partial charge in [-0.05, 0) is 42.0 Å². The van der Waals surface area contributed by atoms with Crippen molar-refractivity contribution in [3.05, 3.63) is 52.6 Å². The minimum absolute atomic E-state index is 0.233. The largest absolute Gasteiger partial charge is 0.493 e. The fourth-order valence-electron chi connectivity index (χ4n) is 2.38. The minimum Gasteiger partial charge on any atom is -0.493 e. The molecule has 2 aromatic rings. The van der Waals surface area contributed by atoms with E-state index in [-0.39, 0.29) is 17.3 Å². The number of ether oxygens (including phenoxy) is 4. The van der Waals surface area contributed by atoms with E-state index in [0.717, 1.165) is 0 Å². The smallest absolute Gasteiger partial charge is 0.341 e. The van der Waals surface area contributed by atoms with Crippen LogP contribution in [-0.4, -0.2) is 44.8 Å². The fraction of sp³-hybridized carbons (Fsp3) is 0.200. The van der Waals surface area contributed by atoms with Crippen LogP contribution < -0.4 is 18.9 Å². The Morgan fingerprint density at radius 2 is 1.71 bits per heavy atom. The minimum atomic E-state index is -1.11. The van der Waals surface area contributed by atoms with E-state index in [9.17, 15) is 9.59 Å². The first kappa shape index (κ1) is 21.1. The maximum atomic E-state index is 12.5. The second kappa shape index (κ2) is 9.66. The van der Waals surface area contributed by atoms with Crippen molar-refractivity contribution in [2.75, 3.05) is 27.9 Å². The van der Waals surface area contributed by atoms with Gasteiger partial charge in [-0.1, -0.05) is 17.7 Å². The number of carbonyl (C=O) groups is 2. The number of carboxylic acid groups (broad SMARTS) is 1. The molecular weight excluding hydrogens is 388 g/mol. The summed E-state index contributed by atoms with van der Waals surface area (Å²) in [6.07, 6.45) is 2.97. The van der Waals surface area contributed by atoms with Gasteiger partial charge in [-0.15, -0.1) is 0 Å². The molecule has 2 aromatic carbocycles. The summed E-state index contributed by atoms with van der Waals surface area (Å²) in [6.45, 7) is -0.510. The third kappa shape index (κ3) is 5.17. The van der Waals surface area contributed by atoms with E-state index in [0.29, 0.717) is 27.6 Å². The molecule has 0 heterocycles. The average molecular weight is 407 g/mol. The van der Waals surface area contributed by atoms with Gasteiger partial charge in [0.2, 0.25) is 0 Å². The number of ketones is 1. The van der Waals surface area contributed by atoms with Gasteiger partial charge in [0.05, 0.1) is 26.4 Å². The molecule has 0 amide bonds. The average Bonchev–Trinajstić information content (AvgIpc) is 2.69. The topological polar surface area (TPSA) is 91.3 Å². The van der Waals surface area contributed by atoms with Crippen molar-refractivity contribution in [2.24, 2.45) is 0 Å². The summed E-state index contributed by atoms with van der Waals surface area (Å²) >= 11 is 6.16. The van der Waals surface area contributed by atoms with Gasteiger partial charge >= 0.3 is 5.97 Å². The lowest BCUT2D eigenvalue weighted by molar-refractivity contribution is -0.139. The van der Waals surface area contributed by atoms with E-state index in [1.807, 2.05) is 0 Å². The third-order valence-corrected chi connectivity index (χ3v) is 3.96. The van der Waals surface area contributed by atoms with Gasteiger partial charge < -0.3 is 24.1 Å². The molecule has 1 N–H and O–H groups in total. The van der Waals surface area contributed by atoms with Crippen LogP contribution in [0.5, 0.6) is 23.0 Å². The van der Waals surface area contributed by atoms with Crippen LogP contribution in [0, 0.1) is 0 Å². The molecule has 0 radical (unpaired) electrons. The molecule has 148 valence electrons. The molecule has 0 atom stereocenters. The highest BCUT2D eigenvalue weighted by Gasteiger charge is 2.12. The molecule has 7 nitrogen and oxygen atoms in total. The number of methoxy groups -OCH3 is 3. The number of halogens is 1. The van der Waals surface area contributed by atoms with Gasteiger partial charge in [-0.25, -0.2) is 4.79 Å². The molecule has 0 bridgehead atoms. The molecule has 0 saturated carbocycles. The Morgan fingerprint density at radius 1 is 1.00 bits per heavy atom. The number of carbonyl (C=O) groups excluding carboxylic acids is 1. The van der Waals surface area contributed by atoms with E-state index in [1.165, 1.54) is 45.6 Å². The van der Waals surface area contributed by atoms with Crippen LogP contribution in [0.3, 0.4) is 0 Å². The monoisotopic (exact) mass is 406 g/mol. The van der Waals surface area contributed by atoms with E-state index < -0.39 is 12.6 Å². The maximum Gasteiger partial charge on any atom is 0.341 e. The predicted octanol–water partition coefficient (Wildman–Crippen LogP) is 3.73. The molecule has 0 aliphatic heterocycles. The molecule has 0 aromatic heterocycles. The van der Waals surface area contributed by atoms with Gasteiger partial charge in [0.15, 0.2) is 35.4 Å². The number of hydrogen-bond donors (Lipinski definition) is 1. The normalized spacial score (nSPS) is 10.6. The summed E-state index contributed by atoms with van der Waals surface area (Å²) in [5.41, 5.74) is 1.01. The summed E-state index contributed by atoms with van der Waals surface area (Å²) in [4.78, 5) is 23.1. The molecule has 0 unspecified atom stereocenters. The van der Waals surface area contributed by atoms with E-state index >= 15 is 0 Å². The van der Waals surface area contributed by atoms with Crippen LogP contribution >= 0.6 is 11.6 Å². The van der Waals surface area contributed by atoms with Gasteiger partial charge in [0, 0.05) is 5.56 Å². The second-order valence-corrected chi connectivity index (χ2v) is 5.89. The van der Waals surface area contributed by atoms with Crippen LogP contribution in [0.2, 0.25) is 5.02 Å². The molecule has 0 aliphatic carbocycles. The number of hydrogen-bond acceptors (Lipinski definition) is 6. The summed E-state index contributed by atoms with van der Waals surface area (Å²) in [5, 5.41) is 9.05. The highest BCUT2D eigenvalue weighted by Crippen LogP contribution is 2.36. The SMILES string of the molecule is COc1cc(C(=O)C=Cc2cc(Cl)c(OC)c(OC)c2)ccc1OCC(=O)O. The number of carboxylic acids is 1. The molecular formula is C20H19ClO7. The molecule has 0 aliphatic rings. The summed E-state index contributed by atoms with van der Waals surface area (Å²) in [7, 11) is 4.38. The first-order valence-corrected chi connectivity index (χ1v) is 8.44. The molecule has 28 heavy (non-hydrogen) atoms. The lowest BCUT2D eigenvalue weighted by Crippen LogP contribution is -2.10. The van der Waals surface area contributed by atoms with Gasteiger partial charge in [0.1, 0.15) is 0 Å². The van der Waals surface area contributed by atoms with Crippen LogP contribution in [0.25, 0.3) is 6.08 Å². The van der Waals surface area contributed by atoms with Crippen molar-refractivity contribution in [1.29, 1.82) is 0 Å². The van der Waals surface area contributed by atoms with E-state index in [2.05, 4.69) is 0 Å². The molecule has 0 spiro atoms. The predicted molar refractivity (Wildman–Crippen MR) is 104 cm³/mol. The van der Waals surface area contributed by atoms with Gasteiger partial charge in [-0.3, -0.25) is 4.79 Å². The Bertz CT molecular complexity index is 906. The zero-order valence-corrected chi connectivity index (χ0v) is 16.3. The summed E-state index contributed by atoms with van der Waals surface area (Å²) in [5.74, 6) is -0.0440. The molecule has 0 fully saturated rings. The summed E-state index contributed by atoms with van der Waals surface area (Å²) in [6, 6.07) is 7.82. The third-order valence-electron chi connectivity index (χ3n) is 3.68. The van der Waals surface area contributed by atoms with E-state index in [4.69, 9.17) is 35.7 Å². The first-order chi connectivity index (χ1) is 13.4. The van der Waals surface area contributed by atoms with Crippen molar-refractivity contribution < 1.29 is 33.6 Å². The number of benzene rings is 2. The highest BCUT2D eigenvalue weighted by atomic mass is 35.5. The summed E-state index contributed by atoms with van der Waals surface area (Å²) < 4.78 is 20.7. The Labute approximate surface area is 167 Å². The lowest BCUT2D eigenvalue weighted by Gasteiger charge is -2.10. The van der Waals surface area contributed by atoms with Crippen molar-refractivity contribution in [1.82, 2.24) is 0 Å². The quantitative estimate of drug-likeness (QED) is 0.501.